The highest BCUT2D eigenvalue weighted by Crippen LogP contribution is 2.55. The summed E-state index contributed by atoms with van der Waals surface area (Å²) in [5, 5.41) is 0. The molecule has 0 N–H and O–H groups in total. The van der Waals surface area contributed by atoms with Crippen molar-refractivity contribution in [2.45, 2.75) is 79.2 Å². The Morgan fingerprint density at radius 2 is 1.47 bits per heavy atom. The number of aryl methyl sites for hydroxylation is 1. The van der Waals surface area contributed by atoms with Crippen LogP contribution in [-0.4, -0.2) is 43.8 Å². The SMILES string of the molecule is COCCCN1C2=C(C(=O)CC(C)(C)C2)C(c2cc(Br)c(OCc3ccc(C)cc3)c(OC)c2)C2=C1CC(C)(C)CC2=O. The van der Waals surface area contributed by atoms with E-state index in [4.69, 9.17) is 14.2 Å². The van der Waals surface area contributed by atoms with Crippen molar-refractivity contribution in [2.75, 3.05) is 27.4 Å². The average Bonchev–Trinajstić information content (AvgIpc) is 2.92. The van der Waals surface area contributed by atoms with Crippen LogP contribution < -0.4 is 9.47 Å². The van der Waals surface area contributed by atoms with Gasteiger partial charge in [-0.25, -0.2) is 0 Å². The number of carbonyl (C=O) groups excluding carboxylic acids is 2. The second-order valence-corrected chi connectivity index (χ2v) is 14.7. The third-order valence-corrected chi connectivity index (χ3v) is 9.43. The van der Waals surface area contributed by atoms with Gasteiger partial charge in [-0.2, -0.15) is 0 Å². The summed E-state index contributed by atoms with van der Waals surface area (Å²) < 4.78 is 18.3. The molecule has 0 spiro atoms. The van der Waals surface area contributed by atoms with Gasteiger partial charge in [0.25, 0.3) is 0 Å². The summed E-state index contributed by atoms with van der Waals surface area (Å²) in [5.41, 5.74) is 6.40. The van der Waals surface area contributed by atoms with Crippen LogP contribution in [0.25, 0.3) is 0 Å². The van der Waals surface area contributed by atoms with Gasteiger partial charge in [-0.05, 0) is 76.2 Å². The van der Waals surface area contributed by atoms with Crippen LogP contribution in [0.4, 0.5) is 0 Å². The van der Waals surface area contributed by atoms with Crippen molar-refractivity contribution in [3.8, 4) is 11.5 Å². The van der Waals surface area contributed by atoms with Gasteiger partial charge in [0, 0.05) is 61.6 Å². The summed E-state index contributed by atoms with van der Waals surface area (Å²) in [6.07, 6.45) is 3.27. The zero-order chi connectivity index (χ0) is 31.1. The molecule has 0 amide bonds. The number of halogens is 1. The summed E-state index contributed by atoms with van der Waals surface area (Å²) in [6, 6.07) is 12.2. The normalized spacial score (nSPS) is 19.9. The number of methoxy groups -OCH3 is 2. The first-order valence-electron chi connectivity index (χ1n) is 15.2. The smallest absolute Gasteiger partial charge is 0.175 e. The van der Waals surface area contributed by atoms with Crippen LogP contribution in [0.2, 0.25) is 0 Å². The molecule has 3 aliphatic rings. The molecular formula is C36H44BrNO5. The highest BCUT2D eigenvalue weighted by molar-refractivity contribution is 9.10. The number of Topliss-reactive ketones (excluding diaryl/α,β-unsaturated/α-hetero) is 2. The Labute approximate surface area is 264 Å². The van der Waals surface area contributed by atoms with E-state index >= 15 is 0 Å². The van der Waals surface area contributed by atoms with Crippen molar-refractivity contribution >= 4 is 27.5 Å². The Balaban J connectivity index is 1.64. The summed E-state index contributed by atoms with van der Waals surface area (Å²) >= 11 is 3.76. The fourth-order valence-electron chi connectivity index (χ4n) is 6.90. The maximum atomic E-state index is 14.1. The molecule has 5 rings (SSSR count). The van der Waals surface area contributed by atoms with Crippen LogP contribution in [0, 0.1) is 17.8 Å². The molecule has 1 aliphatic heterocycles. The lowest BCUT2D eigenvalue weighted by atomic mass is 9.63. The van der Waals surface area contributed by atoms with Gasteiger partial charge < -0.3 is 19.1 Å². The van der Waals surface area contributed by atoms with E-state index in [1.165, 1.54) is 5.56 Å². The fourth-order valence-corrected chi connectivity index (χ4v) is 7.48. The highest BCUT2D eigenvalue weighted by atomic mass is 79.9. The predicted molar refractivity (Wildman–Crippen MR) is 172 cm³/mol. The topological polar surface area (TPSA) is 65.1 Å². The first-order valence-corrected chi connectivity index (χ1v) is 16.0. The first-order chi connectivity index (χ1) is 20.3. The van der Waals surface area contributed by atoms with Crippen molar-refractivity contribution < 1.29 is 23.8 Å². The molecule has 1 heterocycles. The lowest BCUT2D eigenvalue weighted by Crippen LogP contribution is -2.44. The van der Waals surface area contributed by atoms with Crippen molar-refractivity contribution in [3.05, 3.63) is 80.1 Å². The predicted octanol–water partition coefficient (Wildman–Crippen LogP) is 8.07. The Hall–Kier alpha value is -2.90. The molecule has 7 heteroatoms. The van der Waals surface area contributed by atoms with Gasteiger partial charge in [0.2, 0.25) is 0 Å². The van der Waals surface area contributed by atoms with Crippen LogP contribution in [0.1, 0.15) is 82.4 Å². The van der Waals surface area contributed by atoms with E-state index in [1.54, 1.807) is 14.2 Å². The molecule has 0 radical (unpaired) electrons. The number of hydrogen-bond donors (Lipinski definition) is 0. The number of hydrogen-bond acceptors (Lipinski definition) is 6. The molecule has 2 aliphatic carbocycles. The van der Waals surface area contributed by atoms with Crippen LogP contribution in [0.15, 0.2) is 63.4 Å². The number of rotatable bonds is 9. The minimum atomic E-state index is -0.452. The zero-order valence-electron chi connectivity index (χ0n) is 26.6. The summed E-state index contributed by atoms with van der Waals surface area (Å²) in [6.45, 7) is 12.4. The molecule has 43 heavy (non-hydrogen) atoms. The van der Waals surface area contributed by atoms with E-state index < -0.39 is 5.92 Å². The van der Waals surface area contributed by atoms with E-state index in [0.717, 1.165) is 57.4 Å². The van der Waals surface area contributed by atoms with Crippen LogP contribution in [0.3, 0.4) is 0 Å². The van der Waals surface area contributed by atoms with Crippen molar-refractivity contribution in [1.29, 1.82) is 0 Å². The number of benzene rings is 2. The molecule has 0 aromatic heterocycles. The Bertz CT molecular complexity index is 1430. The summed E-state index contributed by atoms with van der Waals surface area (Å²) in [5.74, 6) is 0.945. The van der Waals surface area contributed by atoms with E-state index in [0.29, 0.717) is 44.1 Å². The van der Waals surface area contributed by atoms with Gasteiger partial charge in [-0.3, -0.25) is 9.59 Å². The molecule has 0 unspecified atom stereocenters. The number of ether oxygens (including phenoxy) is 3. The number of nitrogens with zero attached hydrogens (tertiary/aromatic N) is 1. The van der Waals surface area contributed by atoms with Crippen LogP contribution in [0.5, 0.6) is 11.5 Å². The molecule has 0 bridgehead atoms. The van der Waals surface area contributed by atoms with Gasteiger partial charge in [-0.15, -0.1) is 0 Å². The van der Waals surface area contributed by atoms with Gasteiger partial charge in [0.05, 0.1) is 11.6 Å². The lowest BCUT2D eigenvalue weighted by Gasteiger charge is -2.49. The Morgan fingerprint density at radius 1 is 0.884 bits per heavy atom. The quantitative estimate of drug-likeness (QED) is 0.256. The van der Waals surface area contributed by atoms with Crippen molar-refractivity contribution in [3.63, 3.8) is 0 Å². The van der Waals surface area contributed by atoms with E-state index in [-0.39, 0.29) is 22.4 Å². The zero-order valence-corrected chi connectivity index (χ0v) is 28.2. The van der Waals surface area contributed by atoms with Gasteiger partial charge >= 0.3 is 0 Å². The standard InChI is InChI=1S/C36H44BrNO5/c1-22-9-11-23(12-10-22)21-43-34-25(37)15-24(16-30(34)42-7)31-32-26(17-35(2,3)19-28(32)39)38(13-8-14-41-6)27-18-36(4,5)20-29(40)33(27)31/h9-12,15-16,31H,8,13-14,17-21H2,1-7H3. The second kappa shape index (κ2) is 12.2. The number of ketones is 2. The number of carbonyl (C=O) groups is 2. The molecule has 2 aromatic rings. The van der Waals surface area contributed by atoms with Crippen LogP contribution in [-0.2, 0) is 20.9 Å². The van der Waals surface area contributed by atoms with Crippen molar-refractivity contribution in [2.24, 2.45) is 10.8 Å². The minimum Gasteiger partial charge on any atom is -0.493 e. The van der Waals surface area contributed by atoms with Gasteiger partial charge in [0.1, 0.15) is 6.61 Å². The molecule has 2 aromatic carbocycles. The van der Waals surface area contributed by atoms with E-state index in [9.17, 15) is 9.59 Å². The second-order valence-electron chi connectivity index (χ2n) is 13.8. The summed E-state index contributed by atoms with van der Waals surface area (Å²) in [7, 11) is 3.34. The lowest BCUT2D eigenvalue weighted by molar-refractivity contribution is -0.119. The summed E-state index contributed by atoms with van der Waals surface area (Å²) in [4.78, 5) is 30.5. The largest absolute Gasteiger partial charge is 0.493 e. The molecule has 6 nitrogen and oxygen atoms in total. The third-order valence-electron chi connectivity index (χ3n) is 8.84. The fraction of sp³-hybridized carbons (Fsp3) is 0.500. The average molecular weight is 651 g/mol. The minimum absolute atomic E-state index is 0.118. The monoisotopic (exact) mass is 649 g/mol. The van der Waals surface area contributed by atoms with Gasteiger partial charge in [-0.1, -0.05) is 57.5 Å². The molecule has 0 fully saturated rings. The molecule has 0 atom stereocenters. The molecular weight excluding hydrogens is 606 g/mol. The maximum absolute atomic E-state index is 14.1. The molecule has 230 valence electrons. The van der Waals surface area contributed by atoms with Gasteiger partial charge in [0.15, 0.2) is 23.1 Å². The molecule has 0 saturated heterocycles. The highest BCUT2D eigenvalue weighted by Gasteiger charge is 2.49. The molecule has 0 saturated carbocycles. The Morgan fingerprint density at radius 3 is 2.00 bits per heavy atom. The third kappa shape index (κ3) is 6.48. The van der Waals surface area contributed by atoms with E-state index in [1.807, 2.05) is 12.1 Å². The Kier molecular flexibility index (Phi) is 8.97. The first kappa shape index (κ1) is 31.5. The number of allylic oxidation sites excluding steroid dienone is 4. The van der Waals surface area contributed by atoms with Crippen molar-refractivity contribution in [1.82, 2.24) is 4.90 Å². The van der Waals surface area contributed by atoms with Crippen LogP contribution >= 0.6 is 15.9 Å². The maximum Gasteiger partial charge on any atom is 0.175 e. The van der Waals surface area contributed by atoms with E-state index in [2.05, 4.69) is 79.7 Å².